The van der Waals surface area contributed by atoms with Gasteiger partial charge < -0.3 is 10.5 Å². The van der Waals surface area contributed by atoms with Gasteiger partial charge in [0.2, 0.25) is 0 Å². The molecule has 0 amide bonds. The molecule has 2 N–H and O–H groups in total. The summed E-state index contributed by atoms with van der Waals surface area (Å²) in [6, 6.07) is 16.4. The third kappa shape index (κ3) is 4.15. The van der Waals surface area contributed by atoms with E-state index in [1.54, 1.807) is 18.9 Å². The average Bonchev–Trinajstić information content (AvgIpc) is 2.95. The fraction of sp³-hybridized carbons (Fsp3) is 0.0625. The van der Waals surface area contributed by atoms with Crippen LogP contribution in [0.5, 0.6) is 5.75 Å². The molecule has 0 aliphatic heterocycles. The number of nitrogens with zero attached hydrogens (tertiary/aromatic N) is 1. The second kappa shape index (κ2) is 7.85. The Labute approximate surface area is 154 Å². The molecule has 0 radical (unpaired) electrons. The van der Waals surface area contributed by atoms with Crippen molar-refractivity contribution in [3.63, 3.8) is 0 Å². The molecule has 0 aliphatic rings. The number of nitrogen functional groups attached to an aromatic ring is 1. The Bertz CT molecular complexity index is 727. The first-order valence-electron chi connectivity index (χ1n) is 6.38. The van der Waals surface area contributed by atoms with Crippen LogP contribution in [-0.2, 0) is 0 Å². The van der Waals surface area contributed by atoms with Crippen molar-refractivity contribution in [2.75, 3.05) is 12.8 Å². The predicted octanol–water partition coefficient (Wildman–Crippen LogP) is 5.17. The van der Waals surface area contributed by atoms with E-state index in [1.807, 2.05) is 17.5 Å². The van der Waals surface area contributed by atoms with Gasteiger partial charge in [0.05, 0.1) is 12.8 Å². The Hall–Kier alpha value is -1.25. The van der Waals surface area contributed by atoms with Crippen LogP contribution < -0.4 is 10.5 Å². The Balaban J connectivity index is 0.00000176. The van der Waals surface area contributed by atoms with E-state index >= 15 is 0 Å². The summed E-state index contributed by atoms with van der Waals surface area (Å²) in [5.41, 5.74) is 7.68. The molecule has 3 rings (SSSR count). The monoisotopic (exact) mass is 442 g/mol. The molecule has 2 aromatic carbocycles. The first kappa shape index (κ1) is 17.1. The van der Waals surface area contributed by atoms with E-state index in [4.69, 9.17) is 10.5 Å². The number of aromatic nitrogens is 1. The van der Waals surface area contributed by atoms with E-state index in [1.165, 1.54) is 21.1 Å². The second-order valence-corrected chi connectivity index (χ2v) is 6.41. The summed E-state index contributed by atoms with van der Waals surface area (Å²) in [7, 11) is 1.67. The van der Waals surface area contributed by atoms with Crippen LogP contribution in [-0.4, -0.2) is 12.1 Å². The summed E-state index contributed by atoms with van der Waals surface area (Å²) >= 11 is 3.18. The smallest absolute Gasteiger partial charge is 0.180 e. The van der Waals surface area contributed by atoms with Crippen molar-refractivity contribution in [1.29, 1.82) is 0 Å². The van der Waals surface area contributed by atoms with Gasteiger partial charge >= 0.3 is 0 Å². The molecule has 6 heteroatoms. The van der Waals surface area contributed by atoms with Crippen LogP contribution in [0.25, 0.3) is 11.3 Å². The van der Waals surface area contributed by atoms with E-state index in [0.717, 1.165) is 17.0 Å². The summed E-state index contributed by atoms with van der Waals surface area (Å²) in [5.74, 6) is 0.871. The molecule has 0 saturated carbocycles. The number of thiazole rings is 1. The van der Waals surface area contributed by atoms with E-state index < -0.39 is 0 Å². The van der Waals surface area contributed by atoms with Crippen molar-refractivity contribution in [1.82, 2.24) is 4.98 Å². The highest BCUT2D eigenvalue weighted by Gasteiger charge is 2.03. The molecular formula is C16H15IN2OS2. The summed E-state index contributed by atoms with van der Waals surface area (Å²) in [6.07, 6.45) is 0. The average molecular weight is 442 g/mol. The maximum absolute atomic E-state index is 5.66. The van der Waals surface area contributed by atoms with Crippen LogP contribution >= 0.6 is 47.1 Å². The highest BCUT2D eigenvalue weighted by molar-refractivity contribution is 14.0. The SMILES string of the molecule is COc1ccc(Sc2ccc(-c3csc(N)n3)cc2)cc1.I. The summed E-state index contributed by atoms with van der Waals surface area (Å²) in [6.45, 7) is 0. The fourth-order valence-corrected chi connectivity index (χ4v) is 3.28. The van der Waals surface area contributed by atoms with Gasteiger partial charge in [0, 0.05) is 20.7 Å². The first-order chi connectivity index (χ1) is 10.2. The number of ether oxygens (including phenoxy) is 1. The molecular weight excluding hydrogens is 427 g/mol. The number of rotatable bonds is 4. The molecule has 3 aromatic rings. The first-order valence-corrected chi connectivity index (χ1v) is 8.07. The normalized spacial score (nSPS) is 10.0. The quantitative estimate of drug-likeness (QED) is 0.567. The van der Waals surface area contributed by atoms with Gasteiger partial charge in [-0.1, -0.05) is 23.9 Å². The van der Waals surface area contributed by atoms with Gasteiger partial charge in [-0.25, -0.2) is 4.98 Å². The lowest BCUT2D eigenvalue weighted by Gasteiger charge is -2.04. The maximum atomic E-state index is 5.66. The number of benzene rings is 2. The van der Waals surface area contributed by atoms with E-state index in [-0.39, 0.29) is 24.0 Å². The molecule has 0 saturated heterocycles. The molecule has 0 aliphatic carbocycles. The van der Waals surface area contributed by atoms with Crippen LogP contribution in [0.2, 0.25) is 0 Å². The Morgan fingerprint density at radius 3 is 2.09 bits per heavy atom. The van der Waals surface area contributed by atoms with Crippen LogP contribution in [0, 0.1) is 0 Å². The van der Waals surface area contributed by atoms with Crippen LogP contribution in [0.15, 0.2) is 63.7 Å². The number of anilines is 1. The predicted molar refractivity (Wildman–Crippen MR) is 104 cm³/mol. The van der Waals surface area contributed by atoms with Crippen molar-refractivity contribution in [3.05, 3.63) is 53.9 Å². The molecule has 22 heavy (non-hydrogen) atoms. The number of methoxy groups -OCH3 is 1. The third-order valence-electron chi connectivity index (χ3n) is 2.97. The second-order valence-electron chi connectivity index (χ2n) is 4.37. The number of nitrogens with two attached hydrogens (primary N) is 1. The molecule has 1 heterocycles. The minimum atomic E-state index is 0. The lowest BCUT2D eigenvalue weighted by molar-refractivity contribution is 0.414. The van der Waals surface area contributed by atoms with Gasteiger partial charge in [0.1, 0.15) is 5.75 Å². The minimum Gasteiger partial charge on any atom is -0.497 e. The molecule has 0 unspecified atom stereocenters. The van der Waals surface area contributed by atoms with Crippen LogP contribution in [0.1, 0.15) is 0 Å². The Morgan fingerprint density at radius 2 is 1.59 bits per heavy atom. The summed E-state index contributed by atoms with van der Waals surface area (Å²) < 4.78 is 5.16. The molecule has 114 valence electrons. The van der Waals surface area contributed by atoms with Gasteiger partial charge in [-0.05, 0) is 36.4 Å². The number of halogens is 1. The zero-order chi connectivity index (χ0) is 14.7. The highest BCUT2D eigenvalue weighted by atomic mass is 127. The standard InChI is InChI=1S/C16H14N2OS2.HI/c1-19-12-4-8-14(9-5-12)21-13-6-2-11(3-7-13)15-10-20-16(17)18-15;/h2-10H,1H3,(H2,17,18);1H. The van der Waals surface area contributed by atoms with Crippen molar-refractivity contribution >= 4 is 52.2 Å². The Kier molecular flexibility index (Phi) is 6.10. The van der Waals surface area contributed by atoms with Gasteiger partial charge in [0.15, 0.2) is 5.13 Å². The fourth-order valence-electron chi connectivity index (χ4n) is 1.89. The van der Waals surface area contributed by atoms with Gasteiger partial charge in [-0.15, -0.1) is 35.3 Å². The topological polar surface area (TPSA) is 48.1 Å². The molecule has 0 spiro atoms. The lowest BCUT2D eigenvalue weighted by Crippen LogP contribution is -1.83. The third-order valence-corrected chi connectivity index (χ3v) is 4.66. The zero-order valence-corrected chi connectivity index (χ0v) is 15.8. The zero-order valence-electron chi connectivity index (χ0n) is 11.9. The van der Waals surface area contributed by atoms with Gasteiger partial charge in [-0.2, -0.15) is 0 Å². The summed E-state index contributed by atoms with van der Waals surface area (Å²) in [4.78, 5) is 6.66. The van der Waals surface area contributed by atoms with Crippen molar-refractivity contribution in [3.8, 4) is 17.0 Å². The van der Waals surface area contributed by atoms with E-state index in [2.05, 4.69) is 41.4 Å². The highest BCUT2D eigenvalue weighted by Crippen LogP contribution is 2.31. The van der Waals surface area contributed by atoms with Crippen molar-refractivity contribution in [2.24, 2.45) is 0 Å². The largest absolute Gasteiger partial charge is 0.497 e. The summed E-state index contributed by atoms with van der Waals surface area (Å²) in [5, 5.41) is 2.57. The van der Waals surface area contributed by atoms with Crippen molar-refractivity contribution < 1.29 is 4.74 Å². The lowest BCUT2D eigenvalue weighted by atomic mass is 10.2. The molecule has 1 aromatic heterocycles. The van der Waals surface area contributed by atoms with Crippen molar-refractivity contribution in [2.45, 2.75) is 9.79 Å². The molecule has 0 fully saturated rings. The number of hydrogen-bond donors (Lipinski definition) is 1. The van der Waals surface area contributed by atoms with Crippen LogP contribution in [0.4, 0.5) is 5.13 Å². The van der Waals surface area contributed by atoms with E-state index in [0.29, 0.717) is 5.13 Å². The van der Waals surface area contributed by atoms with Gasteiger partial charge in [0.25, 0.3) is 0 Å². The molecule has 0 atom stereocenters. The molecule has 3 nitrogen and oxygen atoms in total. The van der Waals surface area contributed by atoms with Crippen LogP contribution in [0.3, 0.4) is 0 Å². The Morgan fingerprint density at radius 1 is 1.00 bits per heavy atom. The van der Waals surface area contributed by atoms with E-state index in [9.17, 15) is 0 Å². The maximum Gasteiger partial charge on any atom is 0.180 e. The minimum absolute atomic E-state index is 0. The van der Waals surface area contributed by atoms with Gasteiger partial charge in [-0.3, -0.25) is 0 Å². The molecule has 0 bridgehead atoms. The number of hydrogen-bond acceptors (Lipinski definition) is 5.